The minimum absolute atomic E-state index is 0.0649. The van der Waals surface area contributed by atoms with Gasteiger partial charge in [0.15, 0.2) is 6.10 Å². The van der Waals surface area contributed by atoms with Crippen LogP contribution in [0.15, 0.2) is 11.1 Å². The first-order valence-electron chi connectivity index (χ1n) is 13.9. The van der Waals surface area contributed by atoms with Crippen molar-refractivity contribution < 1.29 is 59.2 Å². The second-order valence-corrected chi connectivity index (χ2v) is 13.0. The minimum atomic E-state index is -2.13. The molecule has 1 heterocycles. The normalized spacial score (nSPS) is 44.6. The van der Waals surface area contributed by atoms with Crippen LogP contribution >= 0.6 is 0 Å². The summed E-state index contributed by atoms with van der Waals surface area (Å²) in [6.07, 6.45) is -10.7. The van der Waals surface area contributed by atoms with Gasteiger partial charge in [-0.3, -0.25) is 9.59 Å². The molecule has 41 heavy (non-hydrogen) atoms. The van der Waals surface area contributed by atoms with Gasteiger partial charge in [0.05, 0.1) is 31.0 Å². The predicted molar refractivity (Wildman–Crippen MR) is 140 cm³/mol. The molecule has 2 bridgehead atoms. The molecule has 3 fully saturated rings. The van der Waals surface area contributed by atoms with E-state index >= 15 is 0 Å². The molecule has 232 valence electrons. The number of carbonyl (C=O) groups excluding carboxylic acids is 3. The Balaban J connectivity index is 1.89. The number of carbonyl (C=O) groups is 3. The van der Waals surface area contributed by atoms with Crippen molar-refractivity contribution in [1.82, 2.24) is 5.32 Å². The van der Waals surface area contributed by atoms with E-state index in [0.29, 0.717) is 0 Å². The monoisotopic (exact) mass is 585 g/mol. The van der Waals surface area contributed by atoms with Gasteiger partial charge < -0.3 is 50.2 Å². The molecular formula is C28H43NO12. The molecule has 0 aromatic rings. The van der Waals surface area contributed by atoms with Crippen LogP contribution in [0.2, 0.25) is 0 Å². The number of hydrogen-bond acceptors (Lipinski definition) is 12. The summed E-state index contributed by atoms with van der Waals surface area (Å²) in [4.78, 5) is 36.9. The maximum absolute atomic E-state index is 13.0. The third-order valence-electron chi connectivity index (χ3n) is 10.3. The van der Waals surface area contributed by atoms with Crippen molar-refractivity contribution in [3.8, 4) is 0 Å². The molecule has 3 aliphatic carbocycles. The Kier molecular flexibility index (Phi) is 7.95. The second-order valence-electron chi connectivity index (χ2n) is 13.0. The van der Waals surface area contributed by atoms with Gasteiger partial charge in [-0.2, -0.15) is 0 Å². The van der Waals surface area contributed by atoms with E-state index in [1.54, 1.807) is 20.8 Å². The zero-order valence-electron chi connectivity index (χ0n) is 24.5. The highest BCUT2D eigenvalue weighted by Gasteiger charge is 2.76. The topological polar surface area (TPSA) is 212 Å². The molecule has 0 aromatic heterocycles. The van der Waals surface area contributed by atoms with Crippen LogP contribution in [0, 0.1) is 16.7 Å². The Hall–Kier alpha value is -2.13. The highest BCUT2D eigenvalue weighted by molar-refractivity contribution is 5.78. The number of nitrogens with one attached hydrogen (secondary N) is 1. The average Bonchev–Trinajstić information content (AvgIpc) is 2.85. The Morgan fingerprint density at radius 1 is 1.07 bits per heavy atom. The lowest BCUT2D eigenvalue weighted by molar-refractivity contribution is -0.365. The van der Waals surface area contributed by atoms with Crippen molar-refractivity contribution in [3.05, 3.63) is 11.1 Å². The first-order chi connectivity index (χ1) is 18.7. The highest BCUT2D eigenvalue weighted by atomic mass is 16.6. The number of amides is 1. The van der Waals surface area contributed by atoms with Crippen LogP contribution < -0.4 is 5.32 Å². The van der Waals surface area contributed by atoms with Gasteiger partial charge in [0.2, 0.25) is 5.91 Å². The molecule has 4 rings (SSSR count). The van der Waals surface area contributed by atoms with Gasteiger partial charge in [0, 0.05) is 43.4 Å². The summed E-state index contributed by atoms with van der Waals surface area (Å²) in [5.74, 6) is -3.72. The number of rotatable bonds is 5. The van der Waals surface area contributed by atoms with Gasteiger partial charge in [-0.1, -0.05) is 20.8 Å². The molecule has 2 saturated carbocycles. The van der Waals surface area contributed by atoms with Crippen molar-refractivity contribution >= 4 is 17.8 Å². The number of fused-ring (bicyclic) bond motifs is 5. The number of ether oxygens (including phenoxy) is 3. The van der Waals surface area contributed by atoms with Crippen LogP contribution in [-0.2, 0) is 28.6 Å². The summed E-state index contributed by atoms with van der Waals surface area (Å²) in [5, 5.41) is 72.2. The molecule has 4 aliphatic rings. The van der Waals surface area contributed by atoms with Crippen LogP contribution in [0.4, 0.5) is 0 Å². The summed E-state index contributed by atoms with van der Waals surface area (Å²) in [6, 6.07) is -1.00. The Bertz CT molecular complexity index is 1140. The average molecular weight is 586 g/mol. The van der Waals surface area contributed by atoms with Crippen LogP contribution in [-0.4, -0.2) is 115 Å². The van der Waals surface area contributed by atoms with Crippen LogP contribution in [0.1, 0.15) is 61.3 Å². The molecule has 0 spiro atoms. The van der Waals surface area contributed by atoms with Crippen LogP contribution in [0.25, 0.3) is 0 Å². The largest absolute Gasteiger partial charge is 0.459 e. The zero-order chi connectivity index (χ0) is 31.0. The molecule has 12 atom stereocenters. The van der Waals surface area contributed by atoms with E-state index in [1.165, 1.54) is 20.8 Å². The van der Waals surface area contributed by atoms with Crippen molar-refractivity contribution in [2.45, 2.75) is 121 Å². The molecule has 1 saturated heterocycles. The predicted octanol–water partition coefficient (Wildman–Crippen LogP) is -1.55. The van der Waals surface area contributed by atoms with Gasteiger partial charge in [0.25, 0.3) is 0 Å². The van der Waals surface area contributed by atoms with E-state index in [2.05, 4.69) is 5.32 Å². The molecule has 0 unspecified atom stereocenters. The zero-order valence-corrected chi connectivity index (χ0v) is 24.5. The molecule has 13 heteroatoms. The number of aliphatic hydroxyl groups excluding tert-OH is 4. The van der Waals surface area contributed by atoms with E-state index in [4.69, 9.17) is 14.2 Å². The fourth-order valence-electron chi connectivity index (χ4n) is 7.83. The molecule has 1 aliphatic heterocycles. The Labute approximate surface area is 238 Å². The lowest BCUT2D eigenvalue weighted by Gasteiger charge is -2.68. The third kappa shape index (κ3) is 4.52. The van der Waals surface area contributed by atoms with Crippen molar-refractivity contribution in [2.24, 2.45) is 16.7 Å². The highest BCUT2D eigenvalue weighted by Crippen LogP contribution is 2.64. The van der Waals surface area contributed by atoms with Gasteiger partial charge in [0.1, 0.15) is 29.5 Å². The number of aliphatic hydroxyl groups is 6. The summed E-state index contributed by atoms with van der Waals surface area (Å²) >= 11 is 0. The summed E-state index contributed by atoms with van der Waals surface area (Å²) < 4.78 is 17.0. The van der Waals surface area contributed by atoms with Gasteiger partial charge >= 0.3 is 11.9 Å². The van der Waals surface area contributed by atoms with Gasteiger partial charge in [-0.25, -0.2) is 4.79 Å². The molecule has 1 amide bonds. The maximum atomic E-state index is 13.0. The van der Waals surface area contributed by atoms with Gasteiger partial charge in [-0.05, 0) is 25.0 Å². The lowest BCUT2D eigenvalue weighted by Crippen LogP contribution is -2.81. The minimum Gasteiger partial charge on any atom is -0.459 e. The fraction of sp³-hybridized carbons (Fsp3) is 0.821. The molecule has 7 N–H and O–H groups in total. The summed E-state index contributed by atoms with van der Waals surface area (Å²) in [6.45, 7) is 9.73. The van der Waals surface area contributed by atoms with E-state index in [1.807, 2.05) is 0 Å². The maximum Gasteiger partial charge on any atom is 0.337 e. The van der Waals surface area contributed by atoms with Crippen molar-refractivity contribution in [1.29, 1.82) is 0 Å². The van der Waals surface area contributed by atoms with Crippen LogP contribution in [0.5, 0.6) is 0 Å². The first-order valence-corrected chi connectivity index (χ1v) is 13.9. The standard InChI is InChI=1S/C28H43NO12/c1-11-15(41-24(36)19(33)12(2)29-13(3)30)9-28(38)23(40-14(4)31)21-26(7,16(32)8-17-27(21,37)10-39-17)22(35)20(34)18(11)25(28,5)6/h12,15-17,19-23,32-35,37-38H,8-10H2,1-7H3,(H,29,30)/t12-,15-,16-,17+,19+,20+,21-,22+,23-,26+,27-,28+/m0/s1. The SMILES string of the molecule is CC(=O)N[C@@H](C)[C@@H](O)C(=O)O[C@H]1C[C@@]2(O)[C@@H](OC(C)=O)[C@@H]3[C@]4(O)CO[C@@H]4C[C@H](O)[C@@]3(C)[C@H](O)[C@H](O)C(=C1C)C2(C)C. The van der Waals surface area contributed by atoms with Crippen molar-refractivity contribution in [2.75, 3.05) is 6.61 Å². The summed E-state index contributed by atoms with van der Waals surface area (Å²) in [5.41, 5.74) is -6.60. The molecular weight excluding hydrogens is 542 g/mol. The second kappa shape index (κ2) is 10.2. The van der Waals surface area contributed by atoms with Crippen molar-refractivity contribution in [3.63, 3.8) is 0 Å². The number of hydrogen-bond donors (Lipinski definition) is 7. The lowest BCUT2D eigenvalue weighted by atomic mass is 9.44. The Morgan fingerprint density at radius 2 is 1.68 bits per heavy atom. The van der Waals surface area contributed by atoms with Crippen LogP contribution in [0.3, 0.4) is 0 Å². The molecule has 0 aromatic carbocycles. The summed E-state index contributed by atoms with van der Waals surface area (Å²) in [7, 11) is 0. The number of esters is 2. The van der Waals surface area contributed by atoms with E-state index < -0.39 is 94.6 Å². The van der Waals surface area contributed by atoms with E-state index in [9.17, 15) is 45.0 Å². The first kappa shape index (κ1) is 31.8. The third-order valence-corrected chi connectivity index (χ3v) is 10.3. The smallest absolute Gasteiger partial charge is 0.337 e. The molecule has 13 nitrogen and oxygen atoms in total. The molecule has 0 radical (unpaired) electrons. The Morgan fingerprint density at radius 3 is 2.20 bits per heavy atom. The quantitative estimate of drug-likeness (QED) is 0.144. The van der Waals surface area contributed by atoms with Gasteiger partial charge in [-0.15, -0.1) is 0 Å². The van der Waals surface area contributed by atoms with E-state index in [0.717, 1.165) is 6.92 Å². The van der Waals surface area contributed by atoms with E-state index in [-0.39, 0.29) is 30.6 Å². The fourth-order valence-corrected chi connectivity index (χ4v) is 7.83.